The summed E-state index contributed by atoms with van der Waals surface area (Å²) in [6.45, 7) is 21.0. The van der Waals surface area contributed by atoms with Crippen LogP contribution in [0.1, 0.15) is 41.5 Å². The zero-order valence-electron chi connectivity index (χ0n) is 12.9. The van der Waals surface area contributed by atoms with Gasteiger partial charge in [-0.05, 0) is 41.5 Å². The highest BCUT2D eigenvalue weighted by Gasteiger charge is 1.93. The van der Waals surface area contributed by atoms with Gasteiger partial charge in [0.1, 0.15) is 0 Å². The second-order valence-corrected chi connectivity index (χ2v) is 4.29. The first-order valence-electron chi connectivity index (χ1n) is 6.91. The molecule has 5 nitrogen and oxygen atoms in total. The van der Waals surface area contributed by atoms with Crippen molar-refractivity contribution in [3.8, 4) is 0 Å². The Bertz CT molecular complexity index is 136. The molecule has 0 radical (unpaired) electrons. The minimum atomic E-state index is -3.37. The quantitative estimate of drug-likeness (QED) is 0.567. The van der Waals surface area contributed by atoms with Crippen LogP contribution in [0.2, 0.25) is 0 Å². The first kappa shape index (κ1) is 23.1. The standard InChI is InChI=1S/2C6H15N.HO3P/c2*1-4-7(5-2)6-3;1-4(2)3/h2*4-6H2,1-3H3;(H,1,2,3)/p+1. The molecule has 0 spiro atoms. The minimum Gasteiger partial charge on any atom is -0.598 e. The lowest BCUT2D eigenvalue weighted by atomic mass is 10.5. The zero-order valence-corrected chi connectivity index (χ0v) is 13.8. The highest BCUT2D eigenvalue weighted by atomic mass is 31.1. The molecule has 0 aromatic rings. The Kier molecular flexibility index (Phi) is 24.7. The van der Waals surface area contributed by atoms with Crippen molar-refractivity contribution < 1.29 is 24.2 Å². The third-order valence-corrected chi connectivity index (χ3v) is 3.00. The summed E-state index contributed by atoms with van der Waals surface area (Å²) < 4.78 is 8.48. The van der Waals surface area contributed by atoms with Gasteiger partial charge in [-0.1, -0.05) is 4.57 Å². The molecule has 0 fully saturated rings. The van der Waals surface area contributed by atoms with E-state index in [1.54, 1.807) is 9.80 Å². The van der Waals surface area contributed by atoms with E-state index in [0.717, 1.165) is 0 Å². The average Bonchev–Trinajstić information content (AvgIpc) is 2.34. The summed E-state index contributed by atoms with van der Waals surface area (Å²) in [4.78, 5) is 20.3. The molecule has 0 saturated heterocycles. The Morgan fingerprint density at radius 1 is 0.667 bits per heavy atom. The molecule has 0 aromatic carbocycles. The van der Waals surface area contributed by atoms with E-state index in [1.165, 1.54) is 39.3 Å². The van der Waals surface area contributed by atoms with Crippen LogP contribution in [0.5, 0.6) is 0 Å². The van der Waals surface area contributed by atoms with Crippen molar-refractivity contribution in [2.75, 3.05) is 39.3 Å². The molecule has 0 unspecified atom stereocenters. The first-order valence-corrected chi connectivity index (χ1v) is 8.01. The van der Waals surface area contributed by atoms with Crippen LogP contribution in [0, 0.1) is 0 Å². The van der Waals surface area contributed by atoms with Gasteiger partial charge in [-0.2, -0.15) is 0 Å². The van der Waals surface area contributed by atoms with Crippen molar-refractivity contribution >= 4 is 8.25 Å². The third-order valence-electron chi connectivity index (χ3n) is 3.00. The van der Waals surface area contributed by atoms with Gasteiger partial charge in [-0.15, -0.1) is 0 Å². The molecular weight excluding hydrogens is 251 g/mol. The topological polar surface area (TPSA) is 72.1 Å². The van der Waals surface area contributed by atoms with Gasteiger partial charge >= 0.3 is 0 Å². The van der Waals surface area contributed by atoms with E-state index < -0.39 is 8.25 Å². The molecule has 0 rings (SSSR count). The maximum atomic E-state index is 8.48. The lowest BCUT2D eigenvalue weighted by Gasteiger charge is -2.10. The Balaban J connectivity index is -0.000000196. The van der Waals surface area contributed by atoms with Crippen LogP contribution >= 0.6 is 8.25 Å². The fourth-order valence-electron chi connectivity index (χ4n) is 1.50. The maximum absolute atomic E-state index is 8.48. The van der Waals surface area contributed by atoms with Gasteiger partial charge in [-0.3, -0.25) is 0 Å². The molecular formula is C12H32N2O3P+. The molecule has 0 bridgehead atoms. The van der Waals surface area contributed by atoms with Gasteiger partial charge in [-0.25, -0.2) is 0 Å². The van der Waals surface area contributed by atoms with Gasteiger partial charge in [0, 0.05) is 0 Å². The SMILES string of the molecule is CC[NH+](CC)CC.CC[NH+](CC)CC.O=[P+]([O-])[O-]. The third kappa shape index (κ3) is 25.0. The normalized spacial score (nSPS) is 9.44. The molecule has 0 aliphatic carbocycles. The molecule has 0 heterocycles. The summed E-state index contributed by atoms with van der Waals surface area (Å²) in [6, 6.07) is 0. The lowest BCUT2D eigenvalue weighted by molar-refractivity contribution is -0.894. The maximum Gasteiger partial charge on any atom is 0.276 e. The molecule has 0 aliphatic rings. The molecule has 0 saturated carbocycles. The molecule has 0 atom stereocenters. The van der Waals surface area contributed by atoms with Crippen LogP contribution < -0.4 is 19.6 Å². The fraction of sp³-hybridized carbons (Fsp3) is 1.00. The Hall–Kier alpha value is -0.0600. The van der Waals surface area contributed by atoms with Crippen molar-refractivity contribution in [1.82, 2.24) is 0 Å². The van der Waals surface area contributed by atoms with Crippen LogP contribution in [0.3, 0.4) is 0 Å². The molecule has 0 aromatic heterocycles. The second kappa shape index (κ2) is 19.3. The minimum absolute atomic E-state index is 1.27. The summed E-state index contributed by atoms with van der Waals surface area (Å²) in [5.74, 6) is 0. The van der Waals surface area contributed by atoms with Gasteiger partial charge in [0.05, 0.1) is 39.3 Å². The zero-order chi connectivity index (χ0) is 15.0. The number of rotatable bonds is 6. The fourth-order valence-corrected chi connectivity index (χ4v) is 1.50. The van der Waals surface area contributed by atoms with E-state index in [2.05, 4.69) is 41.5 Å². The highest BCUT2D eigenvalue weighted by Crippen LogP contribution is 1.79. The van der Waals surface area contributed by atoms with Crippen molar-refractivity contribution in [2.45, 2.75) is 41.5 Å². The monoisotopic (exact) mass is 283 g/mol. The van der Waals surface area contributed by atoms with Gasteiger partial charge in [0.2, 0.25) is 0 Å². The Morgan fingerprint density at radius 2 is 0.778 bits per heavy atom. The predicted octanol–water partition coefficient (Wildman–Crippen LogP) is -1.77. The van der Waals surface area contributed by atoms with Crippen LogP contribution in [-0.4, -0.2) is 39.3 Å². The molecule has 0 amide bonds. The highest BCUT2D eigenvalue weighted by molar-refractivity contribution is 7.27. The lowest BCUT2D eigenvalue weighted by Crippen LogP contribution is -3.11. The Morgan fingerprint density at radius 3 is 0.778 bits per heavy atom. The summed E-state index contributed by atoms with van der Waals surface area (Å²) in [6.07, 6.45) is 0. The summed E-state index contributed by atoms with van der Waals surface area (Å²) in [5.41, 5.74) is 0. The van der Waals surface area contributed by atoms with Crippen LogP contribution in [0.25, 0.3) is 0 Å². The van der Waals surface area contributed by atoms with Gasteiger partial charge in [0.15, 0.2) is 0 Å². The smallest absolute Gasteiger partial charge is 0.276 e. The van der Waals surface area contributed by atoms with E-state index in [-0.39, 0.29) is 0 Å². The summed E-state index contributed by atoms with van der Waals surface area (Å²) in [5, 5.41) is 0. The molecule has 2 N–H and O–H groups in total. The van der Waals surface area contributed by atoms with Crippen molar-refractivity contribution in [3.05, 3.63) is 0 Å². The van der Waals surface area contributed by atoms with E-state index >= 15 is 0 Å². The van der Waals surface area contributed by atoms with E-state index in [9.17, 15) is 0 Å². The predicted molar refractivity (Wildman–Crippen MR) is 72.8 cm³/mol. The summed E-state index contributed by atoms with van der Waals surface area (Å²) >= 11 is 0. The van der Waals surface area contributed by atoms with Crippen LogP contribution in [0.15, 0.2) is 0 Å². The average molecular weight is 283 g/mol. The van der Waals surface area contributed by atoms with Crippen molar-refractivity contribution in [3.63, 3.8) is 0 Å². The number of hydrogen-bond acceptors (Lipinski definition) is 3. The van der Waals surface area contributed by atoms with Crippen molar-refractivity contribution in [1.29, 1.82) is 0 Å². The Labute approximate surface area is 114 Å². The molecule has 6 heteroatoms. The number of quaternary nitrogens is 2. The van der Waals surface area contributed by atoms with E-state index in [1.807, 2.05) is 0 Å². The van der Waals surface area contributed by atoms with E-state index in [4.69, 9.17) is 14.4 Å². The van der Waals surface area contributed by atoms with E-state index in [0.29, 0.717) is 0 Å². The van der Waals surface area contributed by atoms with Crippen LogP contribution in [0.4, 0.5) is 0 Å². The van der Waals surface area contributed by atoms with Crippen LogP contribution in [-0.2, 0) is 4.57 Å². The second-order valence-electron chi connectivity index (χ2n) is 3.84. The van der Waals surface area contributed by atoms with Crippen molar-refractivity contribution in [2.24, 2.45) is 0 Å². The van der Waals surface area contributed by atoms with Gasteiger partial charge in [0.25, 0.3) is 8.25 Å². The molecule has 0 aliphatic heterocycles. The molecule has 18 heavy (non-hydrogen) atoms. The number of nitrogens with one attached hydrogen (secondary N) is 2. The molecule has 112 valence electrons. The number of hydrogen-bond donors (Lipinski definition) is 2. The first-order chi connectivity index (χ1) is 8.42. The van der Waals surface area contributed by atoms with Gasteiger partial charge < -0.3 is 19.6 Å². The summed E-state index contributed by atoms with van der Waals surface area (Å²) in [7, 11) is -3.37. The largest absolute Gasteiger partial charge is 0.598 e.